The average molecular weight is 291 g/mol. The van der Waals surface area contributed by atoms with E-state index in [-0.39, 0.29) is 5.91 Å². The van der Waals surface area contributed by atoms with Gasteiger partial charge in [-0.2, -0.15) is 0 Å². The minimum Gasteiger partial charge on any atom is -0.493 e. The predicted molar refractivity (Wildman–Crippen MR) is 84.7 cm³/mol. The molecule has 0 heterocycles. The number of hydrogen-bond acceptors (Lipinski definition) is 3. The first-order valence-electron chi connectivity index (χ1n) is 7.18. The molecule has 4 nitrogen and oxygen atoms in total. The van der Waals surface area contributed by atoms with Crippen LogP contribution < -0.4 is 10.1 Å². The molecular formula is C17H25NO3. The highest BCUT2D eigenvalue weighted by Gasteiger charge is 2.02. The van der Waals surface area contributed by atoms with E-state index >= 15 is 0 Å². The maximum Gasteiger partial charge on any atom is 0.223 e. The molecule has 1 aromatic rings. The van der Waals surface area contributed by atoms with Crippen molar-refractivity contribution in [2.24, 2.45) is 0 Å². The summed E-state index contributed by atoms with van der Waals surface area (Å²) in [5, 5.41) is 2.79. The lowest BCUT2D eigenvalue weighted by Gasteiger charge is -2.09. The van der Waals surface area contributed by atoms with Gasteiger partial charge in [-0.05, 0) is 44.0 Å². The normalized spacial score (nSPS) is 10.2. The molecule has 1 N–H and O–H groups in total. The van der Waals surface area contributed by atoms with Gasteiger partial charge in [0.15, 0.2) is 0 Å². The van der Waals surface area contributed by atoms with Crippen LogP contribution in [-0.4, -0.2) is 32.3 Å². The lowest BCUT2D eigenvalue weighted by molar-refractivity contribution is -0.121. The van der Waals surface area contributed by atoms with E-state index < -0.39 is 0 Å². The Balaban J connectivity index is 2.13. The van der Waals surface area contributed by atoms with Gasteiger partial charge >= 0.3 is 0 Å². The zero-order chi connectivity index (χ0) is 15.7. The number of benzene rings is 1. The molecule has 0 saturated carbocycles. The lowest BCUT2D eigenvalue weighted by Crippen LogP contribution is -2.28. The van der Waals surface area contributed by atoms with Gasteiger partial charge in [0, 0.05) is 6.54 Å². The van der Waals surface area contributed by atoms with Gasteiger partial charge in [0.2, 0.25) is 5.91 Å². The van der Waals surface area contributed by atoms with Crippen LogP contribution in [0.1, 0.15) is 24.5 Å². The van der Waals surface area contributed by atoms with Crippen LogP contribution in [0.2, 0.25) is 0 Å². The van der Waals surface area contributed by atoms with Crippen LogP contribution >= 0.6 is 0 Å². The molecule has 1 rings (SSSR count). The number of amides is 1. The minimum absolute atomic E-state index is 0.0299. The van der Waals surface area contributed by atoms with Crippen molar-refractivity contribution in [3.63, 3.8) is 0 Å². The number of hydrogen-bond donors (Lipinski definition) is 1. The summed E-state index contributed by atoms with van der Waals surface area (Å²) in [4.78, 5) is 11.6. The van der Waals surface area contributed by atoms with Crippen LogP contribution in [0.5, 0.6) is 5.75 Å². The smallest absolute Gasteiger partial charge is 0.223 e. The second-order valence-electron chi connectivity index (χ2n) is 5.20. The van der Waals surface area contributed by atoms with Gasteiger partial charge in [0.25, 0.3) is 0 Å². The fraction of sp³-hybridized carbons (Fsp3) is 0.471. The minimum atomic E-state index is -0.0299. The van der Waals surface area contributed by atoms with Gasteiger partial charge in [0.05, 0.1) is 26.2 Å². The summed E-state index contributed by atoms with van der Waals surface area (Å²) >= 11 is 0. The Kier molecular flexibility index (Phi) is 7.54. The van der Waals surface area contributed by atoms with E-state index in [9.17, 15) is 4.79 Å². The molecule has 0 saturated heterocycles. The molecule has 0 unspecified atom stereocenters. The molecule has 0 bridgehead atoms. The summed E-state index contributed by atoms with van der Waals surface area (Å²) in [5.41, 5.74) is 3.39. The molecule has 0 aromatic heterocycles. The van der Waals surface area contributed by atoms with E-state index in [0.29, 0.717) is 32.8 Å². The highest BCUT2D eigenvalue weighted by Crippen LogP contribution is 2.16. The van der Waals surface area contributed by atoms with Crippen LogP contribution in [0.4, 0.5) is 0 Å². The molecule has 1 amide bonds. The summed E-state index contributed by atoms with van der Waals surface area (Å²) in [6.07, 6.45) is 0.341. The first-order valence-corrected chi connectivity index (χ1v) is 7.18. The lowest BCUT2D eigenvalue weighted by atomic mass is 10.1. The van der Waals surface area contributed by atoms with Crippen molar-refractivity contribution >= 4 is 5.91 Å². The zero-order valence-electron chi connectivity index (χ0n) is 13.2. The van der Waals surface area contributed by atoms with E-state index in [0.717, 1.165) is 11.3 Å². The third kappa shape index (κ3) is 7.51. The molecule has 21 heavy (non-hydrogen) atoms. The van der Waals surface area contributed by atoms with Crippen molar-refractivity contribution < 1.29 is 14.3 Å². The number of aryl methyl sites for hydroxylation is 2. The Morgan fingerprint density at radius 3 is 2.67 bits per heavy atom. The third-order valence-corrected chi connectivity index (χ3v) is 2.99. The largest absolute Gasteiger partial charge is 0.493 e. The van der Waals surface area contributed by atoms with E-state index in [4.69, 9.17) is 9.47 Å². The molecule has 0 fully saturated rings. The molecular weight excluding hydrogens is 266 g/mol. The second kappa shape index (κ2) is 9.19. The van der Waals surface area contributed by atoms with Gasteiger partial charge in [-0.15, -0.1) is 0 Å². The topological polar surface area (TPSA) is 47.6 Å². The van der Waals surface area contributed by atoms with Crippen molar-refractivity contribution in [1.29, 1.82) is 0 Å². The fourth-order valence-corrected chi connectivity index (χ4v) is 1.66. The Hall–Kier alpha value is -1.81. The highest BCUT2D eigenvalue weighted by atomic mass is 16.5. The van der Waals surface area contributed by atoms with Crippen LogP contribution in [0.3, 0.4) is 0 Å². The first kappa shape index (κ1) is 17.2. The van der Waals surface area contributed by atoms with E-state index in [1.54, 1.807) is 0 Å². The Bertz CT molecular complexity index is 483. The van der Waals surface area contributed by atoms with E-state index in [1.165, 1.54) is 11.1 Å². The summed E-state index contributed by atoms with van der Waals surface area (Å²) in [5.74, 6) is 0.772. The molecule has 0 radical (unpaired) electrons. The number of ether oxygens (including phenoxy) is 2. The maximum atomic E-state index is 11.6. The quantitative estimate of drug-likeness (QED) is 0.562. The maximum absolute atomic E-state index is 11.6. The Labute approximate surface area is 127 Å². The molecule has 0 aliphatic carbocycles. The Morgan fingerprint density at radius 2 is 2.00 bits per heavy atom. The molecule has 1 aromatic carbocycles. The standard InChI is InChI=1S/C17H25NO3/c1-13(2)12-20-10-8-18-17(19)7-9-21-16-6-5-14(3)15(4)11-16/h5-6,11H,1,7-10,12H2,2-4H3,(H,18,19). The van der Waals surface area contributed by atoms with Gasteiger partial charge in [-0.3, -0.25) is 4.79 Å². The molecule has 116 valence electrons. The summed E-state index contributed by atoms with van der Waals surface area (Å²) in [6, 6.07) is 5.92. The molecule has 0 atom stereocenters. The Morgan fingerprint density at radius 1 is 1.24 bits per heavy atom. The summed E-state index contributed by atoms with van der Waals surface area (Å²) in [6.45, 7) is 11.7. The second-order valence-corrected chi connectivity index (χ2v) is 5.20. The zero-order valence-corrected chi connectivity index (χ0v) is 13.2. The van der Waals surface area contributed by atoms with Crippen molar-refractivity contribution in [3.05, 3.63) is 41.5 Å². The summed E-state index contributed by atoms with van der Waals surface area (Å²) < 4.78 is 10.9. The van der Waals surface area contributed by atoms with Gasteiger partial charge in [-0.25, -0.2) is 0 Å². The van der Waals surface area contributed by atoms with Gasteiger partial charge in [-0.1, -0.05) is 18.2 Å². The molecule has 4 heteroatoms. The number of carbonyl (C=O) groups excluding carboxylic acids is 1. The van der Waals surface area contributed by atoms with Gasteiger partial charge in [0.1, 0.15) is 5.75 Å². The molecule has 0 aliphatic rings. The first-order chi connectivity index (χ1) is 9.99. The SMILES string of the molecule is C=C(C)COCCNC(=O)CCOc1ccc(C)c(C)c1. The molecule has 0 aliphatic heterocycles. The van der Waals surface area contributed by atoms with Crippen molar-refractivity contribution in [1.82, 2.24) is 5.32 Å². The van der Waals surface area contributed by atoms with Crippen molar-refractivity contribution in [2.45, 2.75) is 27.2 Å². The van der Waals surface area contributed by atoms with Crippen molar-refractivity contribution in [2.75, 3.05) is 26.4 Å². The highest BCUT2D eigenvalue weighted by molar-refractivity contribution is 5.75. The van der Waals surface area contributed by atoms with E-state index in [2.05, 4.69) is 18.8 Å². The monoisotopic (exact) mass is 291 g/mol. The van der Waals surface area contributed by atoms with Crippen molar-refractivity contribution in [3.8, 4) is 5.75 Å². The molecule has 0 spiro atoms. The summed E-state index contributed by atoms with van der Waals surface area (Å²) in [7, 11) is 0. The van der Waals surface area contributed by atoms with Crippen LogP contribution in [0, 0.1) is 13.8 Å². The fourth-order valence-electron chi connectivity index (χ4n) is 1.66. The van der Waals surface area contributed by atoms with Crippen LogP contribution in [0.25, 0.3) is 0 Å². The number of carbonyl (C=O) groups is 1. The predicted octanol–water partition coefficient (Wildman–Crippen LogP) is 2.78. The van der Waals surface area contributed by atoms with E-state index in [1.807, 2.05) is 32.0 Å². The number of rotatable bonds is 9. The average Bonchev–Trinajstić information content (AvgIpc) is 2.42. The third-order valence-electron chi connectivity index (χ3n) is 2.99. The van der Waals surface area contributed by atoms with Crippen LogP contribution in [-0.2, 0) is 9.53 Å². The number of nitrogens with one attached hydrogen (secondary N) is 1. The van der Waals surface area contributed by atoms with Crippen LogP contribution in [0.15, 0.2) is 30.4 Å². The van der Waals surface area contributed by atoms with Gasteiger partial charge < -0.3 is 14.8 Å².